The molecule has 0 aromatic heterocycles. The molecule has 2 rings (SSSR count). The minimum absolute atomic E-state index is 0.0732. The number of rotatable bonds is 6. The number of ether oxygens (including phenoxy) is 1. The Morgan fingerprint density at radius 3 is 2.38 bits per heavy atom. The smallest absolute Gasteiger partial charge is 0.387 e. The highest BCUT2D eigenvalue weighted by molar-refractivity contribution is 5.97. The maximum atomic E-state index is 12.9. The molecule has 1 amide bonds. The van der Waals surface area contributed by atoms with Gasteiger partial charge in [0.15, 0.2) is 0 Å². The zero-order valence-corrected chi connectivity index (χ0v) is 12.7. The van der Waals surface area contributed by atoms with E-state index in [1.807, 2.05) is 0 Å². The second-order valence-corrected chi connectivity index (χ2v) is 5.13. The molecule has 0 saturated carbocycles. The quantitative estimate of drug-likeness (QED) is 0.849. The summed E-state index contributed by atoms with van der Waals surface area (Å²) >= 11 is 0. The van der Waals surface area contributed by atoms with Crippen LogP contribution in [0.15, 0.2) is 48.5 Å². The molecule has 0 unspecified atom stereocenters. The van der Waals surface area contributed by atoms with Crippen LogP contribution in [0.2, 0.25) is 0 Å². The van der Waals surface area contributed by atoms with Gasteiger partial charge in [-0.15, -0.1) is 0 Å². The number of hydrogen-bond donors (Lipinski definition) is 2. The number of nitrogens with one attached hydrogen (secondary N) is 1. The molecule has 128 valence electrons. The number of carbonyl (C=O) groups excluding carboxylic acids is 1. The first-order valence-electron chi connectivity index (χ1n) is 7.16. The Morgan fingerprint density at radius 1 is 1.12 bits per heavy atom. The van der Waals surface area contributed by atoms with Crippen molar-refractivity contribution in [3.63, 3.8) is 0 Å². The molecular formula is C17H16F3NO3. The van der Waals surface area contributed by atoms with E-state index in [0.717, 1.165) is 0 Å². The van der Waals surface area contributed by atoms with E-state index in [1.165, 1.54) is 48.5 Å². The summed E-state index contributed by atoms with van der Waals surface area (Å²) in [5.74, 6) is -1.37. The second-order valence-electron chi connectivity index (χ2n) is 5.13. The van der Waals surface area contributed by atoms with Crippen molar-refractivity contribution in [1.29, 1.82) is 0 Å². The lowest BCUT2D eigenvalue weighted by Gasteiger charge is -2.21. The van der Waals surface area contributed by atoms with Crippen LogP contribution in [-0.4, -0.2) is 23.7 Å². The van der Waals surface area contributed by atoms with Crippen molar-refractivity contribution < 1.29 is 27.8 Å². The van der Waals surface area contributed by atoms with Crippen molar-refractivity contribution in [3.05, 3.63) is 65.5 Å². The summed E-state index contributed by atoms with van der Waals surface area (Å²) in [7, 11) is 0. The predicted molar refractivity (Wildman–Crippen MR) is 81.4 cm³/mol. The monoisotopic (exact) mass is 339 g/mol. The third kappa shape index (κ3) is 4.48. The second kappa shape index (κ2) is 7.83. The van der Waals surface area contributed by atoms with E-state index < -0.39 is 30.5 Å². The normalized spacial score (nSPS) is 13.4. The van der Waals surface area contributed by atoms with Crippen LogP contribution in [0.25, 0.3) is 0 Å². The van der Waals surface area contributed by atoms with Gasteiger partial charge in [-0.3, -0.25) is 4.79 Å². The number of halogens is 3. The Balaban J connectivity index is 2.10. The Bertz CT molecular complexity index is 692. The zero-order valence-electron chi connectivity index (χ0n) is 12.7. The van der Waals surface area contributed by atoms with Crippen molar-refractivity contribution >= 4 is 5.91 Å². The fraction of sp³-hybridized carbons (Fsp3) is 0.235. The minimum atomic E-state index is -3.05. The van der Waals surface area contributed by atoms with Gasteiger partial charge in [0.05, 0.1) is 17.7 Å². The summed E-state index contributed by atoms with van der Waals surface area (Å²) in [5, 5.41) is 12.7. The highest BCUT2D eigenvalue weighted by atomic mass is 19.3. The molecule has 0 bridgehead atoms. The van der Waals surface area contributed by atoms with Crippen LogP contribution in [0.5, 0.6) is 5.75 Å². The molecule has 7 heteroatoms. The van der Waals surface area contributed by atoms with Crippen LogP contribution in [0.4, 0.5) is 13.2 Å². The van der Waals surface area contributed by atoms with E-state index in [9.17, 15) is 23.1 Å². The molecule has 0 spiro atoms. The van der Waals surface area contributed by atoms with Gasteiger partial charge in [-0.1, -0.05) is 24.3 Å². The molecule has 0 fully saturated rings. The SMILES string of the molecule is C[C@@H](NC(=O)c1ccccc1OC(F)F)[C@H](O)c1ccc(F)cc1. The number of aliphatic hydroxyl groups excluding tert-OH is 1. The van der Waals surface area contributed by atoms with E-state index in [2.05, 4.69) is 10.1 Å². The molecule has 2 aromatic rings. The Hall–Kier alpha value is -2.54. The number of hydrogen-bond acceptors (Lipinski definition) is 3. The Labute approximate surface area is 136 Å². The third-order valence-corrected chi connectivity index (χ3v) is 3.39. The Kier molecular flexibility index (Phi) is 5.81. The first-order valence-corrected chi connectivity index (χ1v) is 7.16. The predicted octanol–water partition coefficient (Wildman–Crippen LogP) is 3.28. The van der Waals surface area contributed by atoms with Gasteiger partial charge < -0.3 is 15.2 Å². The largest absolute Gasteiger partial charge is 0.434 e. The minimum Gasteiger partial charge on any atom is -0.434 e. The molecule has 0 aliphatic rings. The highest BCUT2D eigenvalue weighted by Gasteiger charge is 2.21. The van der Waals surface area contributed by atoms with Gasteiger partial charge in [-0.05, 0) is 36.8 Å². The lowest BCUT2D eigenvalue weighted by Crippen LogP contribution is -2.37. The van der Waals surface area contributed by atoms with Crippen LogP contribution in [-0.2, 0) is 0 Å². The third-order valence-electron chi connectivity index (χ3n) is 3.39. The summed E-state index contributed by atoms with van der Waals surface area (Å²) in [6, 6.07) is 10.0. The van der Waals surface area contributed by atoms with Crippen molar-refractivity contribution in [3.8, 4) is 5.75 Å². The van der Waals surface area contributed by atoms with E-state index in [1.54, 1.807) is 6.92 Å². The molecular weight excluding hydrogens is 323 g/mol. The number of alkyl halides is 2. The molecule has 2 atom stereocenters. The molecule has 2 aromatic carbocycles. The highest BCUT2D eigenvalue weighted by Crippen LogP contribution is 2.22. The molecule has 24 heavy (non-hydrogen) atoms. The van der Waals surface area contributed by atoms with Gasteiger partial charge in [-0.2, -0.15) is 8.78 Å². The molecule has 2 N–H and O–H groups in total. The molecule has 0 saturated heterocycles. The first-order chi connectivity index (χ1) is 11.4. The maximum Gasteiger partial charge on any atom is 0.387 e. The van der Waals surface area contributed by atoms with Crippen LogP contribution in [0, 0.1) is 5.82 Å². The summed E-state index contributed by atoms with van der Waals surface area (Å²) in [5.41, 5.74) is 0.345. The van der Waals surface area contributed by atoms with E-state index in [0.29, 0.717) is 5.56 Å². The van der Waals surface area contributed by atoms with Gasteiger partial charge >= 0.3 is 6.61 Å². The van der Waals surface area contributed by atoms with Gasteiger partial charge in [0.25, 0.3) is 5.91 Å². The fourth-order valence-corrected chi connectivity index (χ4v) is 2.17. The summed E-state index contributed by atoms with van der Waals surface area (Å²) < 4.78 is 42.0. The molecule has 4 nitrogen and oxygen atoms in total. The number of carbonyl (C=O) groups is 1. The average molecular weight is 339 g/mol. The summed E-state index contributed by atoms with van der Waals surface area (Å²) in [4.78, 5) is 12.2. The van der Waals surface area contributed by atoms with Gasteiger partial charge in [-0.25, -0.2) is 4.39 Å². The van der Waals surface area contributed by atoms with Crippen LogP contribution in [0.1, 0.15) is 28.9 Å². The van der Waals surface area contributed by atoms with Crippen molar-refractivity contribution in [2.75, 3.05) is 0 Å². The van der Waals surface area contributed by atoms with Crippen molar-refractivity contribution in [2.24, 2.45) is 0 Å². The van der Waals surface area contributed by atoms with Crippen LogP contribution < -0.4 is 10.1 Å². The van der Waals surface area contributed by atoms with Crippen LogP contribution >= 0.6 is 0 Å². The van der Waals surface area contributed by atoms with Gasteiger partial charge in [0, 0.05) is 0 Å². The maximum absolute atomic E-state index is 12.9. The van der Waals surface area contributed by atoms with Gasteiger partial charge in [0.1, 0.15) is 11.6 Å². The molecule has 0 aliphatic heterocycles. The number of para-hydroxylation sites is 1. The average Bonchev–Trinajstić information content (AvgIpc) is 2.54. The number of amides is 1. The van der Waals surface area contributed by atoms with Crippen LogP contribution in [0.3, 0.4) is 0 Å². The van der Waals surface area contributed by atoms with Crippen molar-refractivity contribution in [1.82, 2.24) is 5.32 Å². The number of benzene rings is 2. The Morgan fingerprint density at radius 2 is 1.75 bits per heavy atom. The first kappa shape index (κ1) is 17.8. The number of aliphatic hydroxyl groups is 1. The summed E-state index contributed by atoms with van der Waals surface area (Å²) in [6.45, 7) is -1.51. The van der Waals surface area contributed by atoms with Crippen molar-refractivity contribution in [2.45, 2.75) is 25.7 Å². The molecule has 0 radical (unpaired) electrons. The lowest BCUT2D eigenvalue weighted by atomic mass is 10.0. The lowest BCUT2D eigenvalue weighted by molar-refractivity contribution is -0.0501. The fourth-order valence-electron chi connectivity index (χ4n) is 2.17. The van der Waals surface area contributed by atoms with E-state index >= 15 is 0 Å². The van der Waals surface area contributed by atoms with Gasteiger partial charge in [0.2, 0.25) is 0 Å². The molecule has 0 aliphatic carbocycles. The van der Waals surface area contributed by atoms with E-state index in [-0.39, 0.29) is 11.3 Å². The summed E-state index contributed by atoms with van der Waals surface area (Å²) in [6.07, 6.45) is -1.09. The standard InChI is InChI=1S/C17H16F3NO3/c1-10(15(22)11-6-8-12(18)9-7-11)21-16(23)13-4-2-3-5-14(13)24-17(19)20/h2-10,15,17,22H,1H3,(H,21,23)/t10-,15+/m1/s1. The van der Waals surface area contributed by atoms with E-state index in [4.69, 9.17) is 0 Å². The topological polar surface area (TPSA) is 58.6 Å². The zero-order chi connectivity index (χ0) is 17.7. The molecule has 0 heterocycles.